The summed E-state index contributed by atoms with van der Waals surface area (Å²) in [7, 11) is 0. The maximum Gasteiger partial charge on any atom is 0.225 e. The predicted molar refractivity (Wildman–Crippen MR) is 85.4 cm³/mol. The topological polar surface area (TPSA) is 58.3 Å². The largest absolute Gasteiger partial charge is 0.339 e. The molecule has 2 N–H and O–H groups in total. The van der Waals surface area contributed by atoms with Crippen molar-refractivity contribution >= 4 is 5.95 Å². The van der Waals surface area contributed by atoms with Crippen molar-refractivity contribution in [2.45, 2.75) is 51.1 Å². The van der Waals surface area contributed by atoms with E-state index < -0.39 is 0 Å². The zero-order valence-corrected chi connectivity index (χ0v) is 13.0. The fraction of sp³-hybridized carbons (Fsp3) is 0.750. The molecule has 0 aliphatic carbocycles. The molecule has 0 amide bonds. The zero-order valence-electron chi connectivity index (χ0n) is 13.0. The van der Waals surface area contributed by atoms with Gasteiger partial charge in [0.2, 0.25) is 5.95 Å². The molecule has 2 atom stereocenters. The quantitative estimate of drug-likeness (QED) is 0.888. The van der Waals surface area contributed by atoms with Gasteiger partial charge in [0.25, 0.3) is 0 Å². The van der Waals surface area contributed by atoms with E-state index in [1.165, 1.54) is 32.4 Å². The number of nitrogens with zero attached hydrogens (tertiary/aromatic N) is 4. The van der Waals surface area contributed by atoms with Crippen molar-refractivity contribution < 1.29 is 0 Å². The van der Waals surface area contributed by atoms with Crippen LogP contribution in [0.5, 0.6) is 0 Å². The monoisotopic (exact) mass is 289 g/mol. The van der Waals surface area contributed by atoms with Gasteiger partial charge in [-0.05, 0) is 50.8 Å². The average molecular weight is 289 g/mol. The van der Waals surface area contributed by atoms with E-state index in [1.807, 2.05) is 12.4 Å². The van der Waals surface area contributed by atoms with Gasteiger partial charge in [0.1, 0.15) is 0 Å². The molecule has 2 unspecified atom stereocenters. The molecule has 3 rings (SSSR count). The summed E-state index contributed by atoms with van der Waals surface area (Å²) in [6, 6.07) is 0.912. The van der Waals surface area contributed by atoms with Gasteiger partial charge in [-0.15, -0.1) is 0 Å². The molecule has 1 aromatic heterocycles. The van der Waals surface area contributed by atoms with Crippen LogP contribution in [0.2, 0.25) is 0 Å². The Balaban J connectivity index is 1.57. The summed E-state index contributed by atoms with van der Waals surface area (Å²) >= 11 is 0. The number of rotatable bonds is 5. The van der Waals surface area contributed by atoms with E-state index in [-0.39, 0.29) is 6.04 Å². The van der Waals surface area contributed by atoms with Crippen molar-refractivity contribution in [1.82, 2.24) is 14.9 Å². The summed E-state index contributed by atoms with van der Waals surface area (Å²) in [5.41, 5.74) is 7.12. The lowest BCUT2D eigenvalue weighted by Gasteiger charge is -2.23. The number of aromatic nitrogens is 2. The van der Waals surface area contributed by atoms with Crippen LogP contribution in [0.3, 0.4) is 0 Å². The molecular formula is C16H27N5. The molecule has 0 radical (unpaired) electrons. The van der Waals surface area contributed by atoms with Crippen LogP contribution in [0.4, 0.5) is 5.95 Å². The molecule has 2 saturated heterocycles. The van der Waals surface area contributed by atoms with E-state index in [1.54, 1.807) is 0 Å². The molecule has 2 aliphatic heterocycles. The number of hydrogen-bond donors (Lipinski definition) is 1. The summed E-state index contributed by atoms with van der Waals surface area (Å²) in [5.74, 6) is 0.880. The molecule has 2 fully saturated rings. The third kappa shape index (κ3) is 3.52. The van der Waals surface area contributed by atoms with E-state index in [9.17, 15) is 0 Å². The summed E-state index contributed by atoms with van der Waals surface area (Å²) in [6.45, 7) is 6.81. The summed E-state index contributed by atoms with van der Waals surface area (Å²) in [4.78, 5) is 14.1. The molecule has 3 heterocycles. The summed E-state index contributed by atoms with van der Waals surface area (Å²) in [5, 5.41) is 0. The minimum absolute atomic E-state index is 0.214. The smallest absolute Gasteiger partial charge is 0.225 e. The van der Waals surface area contributed by atoms with Gasteiger partial charge in [0, 0.05) is 37.6 Å². The van der Waals surface area contributed by atoms with Crippen LogP contribution in [0, 0.1) is 0 Å². The number of likely N-dealkylation sites (tertiary alicyclic amines) is 1. The highest BCUT2D eigenvalue weighted by atomic mass is 15.3. The molecule has 0 aromatic carbocycles. The standard InChI is InChI=1S/C16H27N5/c1-2-14(17)9-13-10-18-16(19-11-13)21-8-5-15(12-21)20-6-3-4-7-20/h10-11,14-15H,2-9,12,17H2,1H3. The first kappa shape index (κ1) is 14.7. The number of anilines is 1. The Kier molecular flexibility index (Phi) is 4.70. The molecule has 21 heavy (non-hydrogen) atoms. The average Bonchev–Trinajstić information content (AvgIpc) is 3.19. The Morgan fingerprint density at radius 3 is 2.62 bits per heavy atom. The molecule has 0 saturated carbocycles. The highest BCUT2D eigenvalue weighted by Crippen LogP contribution is 2.23. The van der Waals surface area contributed by atoms with Gasteiger partial charge >= 0.3 is 0 Å². The van der Waals surface area contributed by atoms with Crippen LogP contribution in [-0.2, 0) is 6.42 Å². The van der Waals surface area contributed by atoms with Crippen LogP contribution >= 0.6 is 0 Å². The second-order valence-electron chi connectivity index (χ2n) is 6.40. The van der Waals surface area contributed by atoms with Crippen LogP contribution in [0.15, 0.2) is 12.4 Å². The first-order chi connectivity index (χ1) is 10.3. The summed E-state index contributed by atoms with van der Waals surface area (Å²) in [6.07, 6.45) is 9.71. The minimum atomic E-state index is 0.214. The van der Waals surface area contributed by atoms with Crippen LogP contribution in [0.25, 0.3) is 0 Å². The van der Waals surface area contributed by atoms with E-state index in [0.717, 1.165) is 37.4 Å². The Hall–Kier alpha value is -1.20. The Morgan fingerprint density at radius 1 is 1.24 bits per heavy atom. The van der Waals surface area contributed by atoms with Gasteiger partial charge in [-0.2, -0.15) is 0 Å². The van der Waals surface area contributed by atoms with E-state index in [0.29, 0.717) is 6.04 Å². The maximum atomic E-state index is 5.98. The molecule has 5 nitrogen and oxygen atoms in total. The molecule has 1 aromatic rings. The van der Waals surface area contributed by atoms with Crippen molar-refractivity contribution in [1.29, 1.82) is 0 Å². The predicted octanol–water partition coefficient (Wildman–Crippen LogP) is 1.43. The van der Waals surface area contributed by atoms with Gasteiger partial charge < -0.3 is 10.6 Å². The van der Waals surface area contributed by atoms with Gasteiger partial charge in [0.05, 0.1) is 0 Å². The van der Waals surface area contributed by atoms with Crippen molar-refractivity contribution in [2.24, 2.45) is 5.73 Å². The third-order valence-electron chi connectivity index (χ3n) is 4.82. The van der Waals surface area contributed by atoms with Gasteiger partial charge in [-0.25, -0.2) is 9.97 Å². The molecule has 5 heteroatoms. The molecule has 116 valence electrons. The normalized spacial score (nSPS) is 24.7. The molecule has 0 spiro atoms. The van der Waals surface area contributed by atoms with E-state index in [4.69, 9.17) is 5.73 Å². The van der Waals surface area contributed by atoms with Gasteiger partial charge in [-0.1, -0.05) is 6.92 Å². The lowest BCUT2D eigenvalue weighted by molar-refractivity contribution is 0.260. The summed E-state index contributed by atoms with van der Waals surface area (Å²) < 4.78 is 0. The molecular weight excluding hydrogens is 262 g/mol. The molecule has 2 aliphatic rings. The SMILES string of the molecule is CCC(N)Cc1cnc(N2CCC(N3CCCC3)C2)nc1. The van der Waals surface area contributed by atoms with Crippen molar-refractivity contribution in [3.8, 4) is 0 Å². The zero-order chi connectivity index (χ0) is 14.7. The fourth-order valence-corrected chi connectivity index (χ4v) is 3.39. The first-order valence-electron chi connectivity index (χ1n) is 8.31. The van der Waals surface area contributed by atoms with Crippen LogP contribution in [-0.4, -0.2) is 53.1 Å². The van der Waals surface area contributed by atoms with E-state index >= 15 is 0 Å². The minimum Gasteiger partial charge on any atom is -0.339 e. The van der Waals surface area contributed by atoms with Gasteiger partial charge in [-0.3, -0.25) is 4.90 Å². The van der Waals surface area contributed by atoms with E-state index in [2.05, 4.69) is 26.7 Å². The lowest BCUT2D eigenvalue weighted by atomic mass is 10.1. The van der Waals surface area contributed by atoms with Gasteiger partial charge in [0.15, 0.2) is 0 Å². The highest BCUT2D eigenvalue weighted by molar-refractivity contribution is 5.32. The Labute approximate surface area is 127 Å². The second kappa shape index (κ2) is 6.71. The van der Waals surface area contributed by atoms with Crippen molar-refractivity contribution in [3.05, 3.63) is 18.0 Å². The number of nitrogens with two attached hydrogens (primary N) is 1. The highest BCUT2D eigenvalue weighted by Gasteiger charge is 2.30. The first-order valence-corrected chi connectivity index (χ1v) is 8.31. The van der Waals surface area contributed by atoms with Crippen molar-refractivity contribution in [3.63, 3.8) is 0 Å². The number of hydrogen-bond acceptors (Lipinski definition) is 5. The maximum absolute atomic E-state index is 5.98. The third-order valence-corrected chi connectivity index (χ3v) is 4.82. The second-order valence-corrected chi connectivity index (χ2v) is 6.40. The van der Waals surface area contributed by atoms with Crippen LogP contribution in [0.1, 0.15) is 38.2 Å². The Morgan fingerprint density at radius 2 is 1.95 bits per heavy atom. The molecule has 0 bridgehead atoms. The Bertz CT molecular complexity index is 440. The fourth-order valence-electron chi connectivity index (χ4n) is 3.39. The van der Waals surface area contributed by atoms with Crippen molar-refractivity contribution in [2.75, 3.05) is 31.1 Å². The lowest BCUT2D eigenvalue weighted by Crippen LogP contribution is -2.35. The van der Waals surface area contributed by atoms with Crippen LogP contribution < -0.4 is 10.6 Å².